The van der Waals surface area contributed by atoms with Crippen molar-refractivity contribution >= 4 is 23.6 Å². The zero-order chi connectivity index (χ0) is 17.5. The summed E-state index contributed by atoms with van der Waals surface area (Å²) in [5.74, 6) is 1.30. The molecular weight excluding hydrogens is 316 g/mol. The zero-order valence-electron chi connectivity index (χ0n) is 14.3. The summed E-state index contributed by atoms with van der Waals surface area (Å²) in [6, 6.07) is 7.48. The summed E-state index contributed by atoms with van der Waals surface area (Å²) in [7, 11) is 1.62. The number of amides is 1. The van der Waals surface area contributed by atoms with Crippen molar-refractivity contribution in [1.29, 1.82) is 0 Å². The molecule has 1 amide bonds. The van der Waals surface area contributed by atoms with Crippen molar-refractivity contribution in [2.45, 2.75) is 19.3 Å². The van der Waals surface area contributed by atoms with Crippen LogP contribution >= 0.6 is 0 Å². The lowest BCUT2D eigenvalue weighted by Crippen LogP contribution is -2.30. The number of nitrogens with one attached hydrogen (secondary N) is 1. The number of benzene rings is 1. The van der Waals surface area contributed by atoms with Crippen LogP contribution in [0.2, 0.25) is 0 Å². The van der Waals surface area contributed by atoms with Gasteiger partial charge in [-0.2, -0.15) is 0 Å². The molecule has 3 rings (SSSR count). The van der Waals surface area contributed by atoms with E-state index in [9.17, 15) is 4.79 Å². The molecule has 130 valence electrons. The van der Waals surface area contributed by atoms with Gasteiger partial charge in [0.05, 0.1) is 25.2 Å². The lowest BCUT2D eigenvalue weighted by molar-refractivity contribution is -0.111. The third-order valence-corrected chi connectivity index (χ3v) is 4.09. The van der Waals surface area contributed by atoms with Gasteiger partial charge in [0, 0.05) is 19.2 Å². The minimum atomic E-state index is -0.217. The average molecular weight is 338 g/mol. The lowest BCUT2D eigenvalue weighted by atomic mass is 10.1. The van der Waals surface area contributed by atoms with Crippen LogP contribution < -0.4 is 15.0 Å². The van der Waals surface area contributed by atoms with Gasteiger partial charge in [-0.25, -0.2) is 9.97 Å². The second-order valence-electron chi connectivity index (χ2n) is 5.92. The molecule has 1 aliphatic rings. The molecule has 1 saturated heterocycles. The molecule has 2 heterocycles. The van der Waals surface area contributed by atoms with Crippen molar-refractivity contribution in [1.82, 2.24) is 9.97 Å². The Morgan fingerprint density at radius 2 is 1.80 bits per heavy atom. The molecule has 0 bridgehead atoms. The fraction of sp³-hybridized carbons (Fsp3) is 0.316. The second-order valence-corrected chi connectivity index (χ2v) is 5.92. The van der Waals surface area contributed by atoms with E-state index in [1.54, 1.807) is 25.6 Å². The number of hydrogen-bond acceptors (Lipinski definition) is 5. The van der Waals surface area contributed by atoms with Gasteiger partial charge in [0.25, 0.3) is 0 Å². The zero-order valence-corrected chi connectivity index (χ0v) is 14.3. The van der Waals surface area contributed by atoms with E-state index in [4.69, 9.17) is 4.74 Å². The summed E-state index contributed by atoms with van der Waals surface area (Å²) in [5, 5.41) is 2.77. The van der Waals surface area contributed by atoms with E-state index in [-0.39, 0.29) is 5.91 Å². The van der Waals surface area contributed by atoms with E-state index in [2.05, 4.69) is 20.2 Å². The Bertz CT molecular complexity index is 720. The number of piperidine rings is 1. The van der Waals surface area contributed by atoms with Gasteiger partial charge < -0.3 is 15.0 Å². The van der Waals surface area contributed by atoms with E-state index in [0.29, 0.717) is 5.69 Å². The Morgan fingerprint density at radius 3 is 2.44 bits per heavy atom. The number of rotatable bonds is 5. The van der Waals surface area contributed by atoms with Crippen molar-refractivity contribution in [2.75, 3.05) is 30.4 Å². The molecule has 1 fully saturated rings. The topological polar surface area (TPSA) is 67.3 Å². The first kappa shape index (κ1) is 17.0. The predicted molar refractivity (Wildman–Crippen MR) is 98.8 cm³/mol. The summed E-state index contributed by atoms with van der Waals surface area (Å²) >= 11 is 0. The number of anilines is 2. The highest BCUT2D eigenvalue weighted by molar-refractivity contribution is 6.01. The SMILES string of the molecule is COc1ccc(/C=C/C(=O)Nc2cnc(N3CCCCC3)nc2)cc1. The first-order valence-electron chi connectivity index (χ1n) is 8.45. The van der Waals surface area contributed by atoms with Crippen molar-refractivity contribution < 1.29 is 9.53 Å². The van der Waals surface area contributed by atoms with Gasteiger partial charge in [0.1, 0.15) is 5.75 Å². The highest BCUT2D eigenvalue weighted by Crippen LogP contribution is 2.16. The summed E-state index contributed by atoms with van der Waals surface area (Å²) < 4.78 is 5.11. The van der Waals surface area contributed by atoms with E-state index < -0.39 is 0 Å². The lowest BCUT2D eigenvalue weighted by Gasteiger charge is -2.26. The maximum absolute atomic E-state index is 12.0. The standard InChI is InChI=1S/C19H22N4O2/c1-25-17-8-5-15(6-9-17)7-10-18(24)22-16-13-20-19(21-14-16)23-11-3-2-4-12-23/h5-10,13-14H,2-4,11-12H2,1H3,(H,22,24)/b10-7+. The Hall–Kier alpha value is -2.89. The van der Waals surface area contributed by atoms with Crippen molar-refractivity contribution in [3.63, 3.8) is 0 Å². The van der Waals surface area contributed by atoms with Crippen molar-refractivity contribution in [3.8, 4) is 5.75 Å². The Labute approximate surface area is 147 Å². The number of nitrogens with zero attached hydrogens (tertiary/aromatic N) is 3. The minimum absolute atomic E-state index is 0.217. The predicted octanol–water partition coefficient (Wildman–Crippen LogP) is 3.13. The number of carbonyl (C=O) groups excluding carboxylic acids is 1. The highest BCUT2D eigenvalue weighted by atomic mass is 16.5. The molecule has 0 atom stereocenters. The molecule has 1 aromatic carbocycles. The molecule has 0 aliphatic carbocycles. The fourth-order valence-corrected chi connectivity index (χ4v) is 2.71. The van der Waals surface area contributed by atoms with Crippen LogP contribution in [0.1, 0.15) is 24.8 Å². The van der Waals surface area contributed by atoms with Crippen molar-refractivity contribution in [3.05, 3.63) is 48.3 Å². The van der Waals surface area contributed by atoms with Gasteiger partial charge in [-0.15, -0.1) is 0 Å². The van der Waals surface area contributed by atoms with Crippen LogP contribution in [0.5, 0.6) is 5.75 Å². The number of hydrogen-bond donors (Lipinski definition) is 1. The Balaban J connectivity index is 1.55. The number of ether oxygens (including phenoxy) is 1. The van der Waals surface area contributed by atoms with Gasteiger partial charge in [-0.1, -0.05) is 12.1 Å². The van der Waals surface area contributed by atoms with Gasteiger partial charge in [0.15, 0.2) is 0 Å². The molecular formula is C19H22N4O2. The van der Waals surface area contributed by atoms with Crippen LogP contribution in [0.4, 0.5) is 11.6 Å². The molecule has 1 aliphatic heterocycles. The molecule has 1 N–H and O–H groups in total. The van der Waals surface area contributed by atoms with Crippen molar-refractivity contribution in [2.24, 2.45) is 0 Å². The van der Waals surface area contributed by atoms with Crippen LogP contribution in [0.15, 0.2) is 42.7 Å². The quantitative estimate of drug-likeness (QED) is 0.849. The minimum Gasteiger partial charge on any atom is -0.497 e. The molecule has 0 saturated carbocycles. The third-order valence-electron chi connectivity index (χ3n) is 4.09. The Morgan fingerprint density at radius 1 is 1.12 bits per heavy atom. The first-order valence-corrected chi connectivity index (χ1v) is 8.45. The van der Waals surface area contributed by atoms with Crippen LogP contribution in [0.25, 0.3) is 6.08 Å². The van der Waals surface area contributed by atoms with Crippen LogP contribution in [0.3, 0.4) is 0 Å². The molecule has 6 heteroatoms. The normalized spacial score (nSPS) is 14.5. The van der Waals surface area contributed by atoms with Gasteiger partial charge in [-0.3, -0.25) is 4.79 Å². The molecule has 25 heavy (non-hydrogen) atoms. The number of aromatic nitrogens is 2. The van der Waals surface area contributed by atoms with Gasteiger partial charge in [0.2, 0.25) is 11.9 Å². The third kappa shape index (κ3) is 4.79. The van der Waals surface area contributed by atoms with E-state index in [0.717, 1.165) is 30.4 Å². The molecule has 2 aromatic rings. The summed E-state index contributed by atoms with van der Waals surface area (Å²) in [6.07, 6.45) is 10.2. The van der Waals surface area contributed by atoms with E-state index >= 15 is 0 Å². The summed E-state index contributed by atoms with van der Waals surface area (Å²) in [6.45, 7) is 1.99. The molecule has 6 nitrogen and oxygen atoms in total. The van der Waals surface area contributed by atoms with Gasteiger partial charge >= 0.3 is 0 Å². The maximum Gasteiger partial charge on any atom is 0.248 e. The van der Waals surface area contributed by atoms with Gasteiger partial charge in [-0.05, 0) is 43.0 Å². The molecule has 1 aromatic heterocycles. The number of methoxy groups -OCH3 is 1. The highest BCUT2D eigenvalue weighted by Gasteiger charge is 2.13. The summed E-state index contributed by atoms with van der Waals surface area (Å²) in [4.78, 5) is 22.9. The largest absolute Gasteiger partial charge is 0.497 e. The second kappa shape index (κ2) is 8.28. The van der Waals surface area contributed by atoms with E-state index in [1.165, 1.54) is 25.3 Å². The first-order chi connectivity index (χ1) is 12.2. The van der Waals surface area contributed by atoms with E-state index in [1.807, 2.05) is 24.3 Å². The maximum atomic E-state index is 12.0. The van der Waals surface area contributed by atoms with Crippen LogP contribution in [0, 0.1) is 0 Å². The monoisotopic (exact) mass is 338 g/mol. The Kier molecular flexibility index (Phi) is 5.61. The fourth-order valence-electron chi connectivity index (χ4n) is 2.71. The average Bonchev–Trinajstić information content (AvgIpc) is 2.68. The molecule has 0 radical (unpaired) electrons. The molecule has 0 unspecified atom stereocenters. The smallest absolute Gasteiger partial charge is 0.248 e. The number of carbonyl (C=O) groups is 1. The van der Waals surface area contributed by atoms with Crippen LogP contribution in [-0.4, -0.2) is 36.1 Å². The van der Waals surface area contributed by atoms with Crippen LogP contribution in [-0.2, 0) is 4.79 Å². The summed E-state index contributed by atoms with van der Waals surface area (Å²) in [5.41, 5.74) is 1.51. The molecule has 0 spiro atoms.